The van der Waals surface area contributed by atoms with Crippen molar-refractivity contribution in [2.45, 2.75) is 26.0 Å². The zero-order valence-electron chi connectivity index (χ0n) is 16.5. The number of para-hydroxylation sites is 1. The Morgan fingerprint density at radius 3 is 2.57 bits per heavy atom. The first-order valence-electron chi connectivity index (χ1n) is 9.91. The molecule has 1 atom stereocenters. The molecule has 146 valence electrons. The summed E-state index contributed by atoms with van der Waals surface area (Å²) >= 11 is 0. The van der Waals surface area contributed by atoms with E-state index in [1.54, 1.807) is 0 Å². The van der Waals surface area contributed by atoms with E-state index in [1.807, 2.05) is 54.2 Å². The molecule has 0 aliphatic carbocycles. The van der Waals surface area contributed by atoms with E-state index in [-0.39, 0.29) is 0 Å². The number of nitrogens with zero attached hydrogens (tertiary/aromatic N) is 3. The Kier molecular flexibility index (Phi) is 5.74. The van der Waals surface area contributed by atoms with E-state index in [0.717, 1.165) is 55.4 Å². The number of aromatic nitrogens is 2. The van der Waals surface area contributed by atoms with Gasteiger partial charge in [0.2, 0.25) is 0 Å². The fourth-order valence-corrected chi connectivity index (χ4v) is 3.61. The second-order valence-corrected chi connectivity index (χ2v) is 7.25. The monoisotopic (exact) mass is 377 g/mol. The van der Waals surface area contributed by atoms with Crippen LogP contribution in [0.2, 0.25) is 0 Å². The van der Waals surface area contributed by atoms with Gasteiger partial charge in [0.15, 0.2) is 0 Å². The Morgan fingerprint density at radius 1 is 1.07 bits per heavy atom. The molecule has 2 aromatic carbocycles. The maximum absolute atomic E-state index is 5.90. The summed E-state index contributed by atoms with van der Waals surface area (Å²) in [5.41, 5.74) is 3.39. The highest BCUT2D eigenvalue weighted by Crippen LogP contribution is 2.28. The van der Waals surface area contributed by atoms with Gasteiger partial charge in [-0.25, -0.2) is 0 Å². The molecule has 2 heterocycles. The van der Waals surface area contributed by atoms with Crippen molar-refractivity contribution < 1.29 is 9.47 Å². The Balaban J connectivity index is 1.50. The molecule has 1 aliphatic heterocycles. The van der Waals surface area contributed by atoms with Crippen LogP contribution in [0.4, 0.5) is 0 Å². The lowest BCUT2D eigenvalue weighted by Crippen LogP contribution is -2.41. The Bertz CT molecular complexity index is 890. The van der Waals surface area contributed by atoms with Gasteiger partial charge < -0.3 is 9.47 Å². The van der Waals surface area contributed by atoms with Crippen LogP contribution in [-0.4, -0.2) is 40.5 Å². The summed E-state index contributed by atoms with van der Waals surface area (Å²) in [5.74, 6) is 1.66. The van der Waals surface area contributed by atoms with Crippen molar-refractivity contribution in [3.8, 4) is 22.8 Å². The summed E-state index contributed by atoms with van der Waals surface area (Å²) < 4.78 is 13.6. The molecule has 0 spiro atoms. The van der Waals surface area contributed by atoms with E-state index < -0.39 is 0 Å². The minimum Gasteiger partial charge on any atom is -0.457 e. The molecule has 0 saturated carbocycles. The fraction of sp³-hybridized carbons (Fsp3) is 0.348. The molecule has 5 heteroatoms. The lowest BCUT2D eigenvalue weighted by atomic mass is 10.1. The second kappa shape index (κ2) is 8.59. The largest absolute Gasteiger partial charge is 0.457 e. The first kappa shape index (κ1) is 18.7. The summed E-state index contributed by atoms with van der Waals surface area (Å²) in [6, 6.07) is 18.0. The zero-order valence-corrected chi connectivity index (χ0v) is 16.5. The van der Waals surface area contributed by atoms with Crippen LogP contribution >= 0.6 is 0 Å². The minimum absolute atomic E-state index is 0.336. The van der Waals surface area contributed by atoms with Crippen molar-refractivity contribution in [2.75, 3.05) is 19.7 Å². The van der Waals surface area contributed by atoms with Gasteiger partial charge in [0.05, 0.1) is 18.4 Å². The number of rotatable bonds is 6. The Hall–Kier alpha value is -2.63. The van der Waals surface area contributed by atoms with Crippen LogP contribution in [0, 0.1) is 0 Å². The molecule has 0 radical (unpaired) electrons. The van der Waals surface area contributed by atoms with Crippen LogP contribution in [0.3, 0.4) is 0 Å². The maximum Gasteiger partial charge on any atom is 0.127 e. The SMILES string of the molecule is CC[C@H]1CN(Cc2cn(C)nc2-c2ccc(Oc3ccccc3)cc2)CCO1. The third-order valence-electron chi connectivity index (χ3n) is 5.08. The lowest BCUT2D eigenvalue weighted by Gasteiger charge is -2.32. The van der Waals surface area contributed by atoms with Crippen molar-refractivity contribution in [3.63, 3.8) is 0 Å². The van der Waals surface area contributed by atoms with Crippen LogP contribution < -0.4 is 4.74 Å². The van der Waals surface area contributed by atoms with Crippen molar-refractivity contribution >= 4 is 0 Å². The molecule has 0 N–H and O–H groups in total. The van der Waals surface area contributed by atoms with Crippen LogP contribution in [0.15, 0.2) is 60.8 Å². The molecule has 0 unspecified atom stereocenters. The van der Waals surface area contributed by atoms with Crippen molar-refractivity contribution in [3.05, 3.63) is 66.4 Å². The molecule has 1 aliphatic rings. The third-order valence-corrected chi connectivity index (χ3v) is 5.08. The number of hydrogen-bond donors (Lipinski definition) is 0. The van der Waals surface area contributed by atoms with Gasteiger partial charge >= 0.3 is 0 Å². The van der Waals surface area contributed by atoms with E-state index in [1.165, 1.54) is 5.56 Å². The highest BCUT2D eigenvalue weighted by atomic mass is 16.5. The normalized spacial score (nSPS) is 17.6. The molecule has 1 fully saturated rings. The smallest absolute Gasteiger partial charge is 0.127 e. The lowest BCUT2D eigenvalue weighted by molar-refractivity contribution is -0.0324. The van der Waals surface area contributed by atoms with E-state index >= 15 is 0 Å². The molecule has 4 rings (SSSR count). The van der Waals surface area contributed by atoms with E-state index in [2.05, 4.69) is 30.2 Å². The topological polar surface area (TPSA) is 39.5 Å². The van der Waals surface area contributed by atoms with Crippen LogP contribution in [0.25, 0.3) is 11.3 Å². The molecular weight excluding hydrogens is 350 g/mol. The van der Waals surface area contributed by atoms with Gasteiger partial charge in [-0.1, -0.05) is 25.1 Å². The number of hydrogen-bond acceptors (Lipinski definition) is 4. The summed E-state index contributed by atoms with van der Waals surface area (Å²) in [5, 5.41) is 4.72. The van der Waals surface area contributed by atoms with Gasteiger partial charge in [-0.05, 0) is 42.8 Å². The molecule has 3 aromatic rings. The predicted molar refractivity (Wildman–Crippen MR) is 110 cm³/mol. The van der Waals surface area contributed by atoms with Crippen LogP contribution in [0.1, 0.15) is 18.9 Å². The predicted octanol–water partition coefficient (Wildman–Crippen LogP) is 4.49. The van der Waals surface area contributed by atoms with Crippen LogP contribution in [-0.2, 0) is 18.3 Å². The van der Waals surface area contributed by atoms with E-state index in [0.29, 0.717) is 6.10 Å². The summed E-state index contributed by atoms with van der Waals surface area (Å²) in [6.45, 7) is 5.83. The van der Waals surface area contributed by atoms with Gasteiger partial charge in [0.25, 0.3) is 0 Å². The first-order valence-corrected chi connectivity index (χ1v) is 9.91. The molecule has 0 amide bonds. The van der Waals surface area contributed by atoms with Crippen molar-refractivity contribution in [1.29, 1.82) is 0 Å². The minimum atomic E-state index is 0.336. The quantitative estimate of drug-likeness (QED) is 0.634. The van der Waals surface area contributed by atoms with Gasteiger partial charge in [-0.2, -0.15) is 5.10 Å². The van der Waals surface area contributed by atoms with Crippen LogP contribution in [0.5, 0.6) is 11.5 Å². The summed E-state index contributed by atoms with van der Waals surface area (Å²) in [6.07, 6.45) is 3.52. The number of ether oxygens (including phenoxy) is 2. The van der Waals surface area contributed by atoms with Gasteiger partial charge in [0.1, 0.15) is 11.5 Å². The molecule has 1 saturated heterocycles. The molecular formula is C23H27N3O2. The molecule has 1 aromatic heterocycles. The van der Waals surface area contributed by atoms with Gasteiger partial charge in [0, 0.05) is 44.0 Å². The van der Waals surface area contributed by atoms with Crippen molar-refractivity contribution in [2.24, 2.45) is 7.05 Å². The number of morpholine rings is 1. The second-order valence-electron chi connectivity index (χ2n) is 7.25. The zero-order chi connectivity index (χ0) is 19.3. The van der Waals surface area contributed by atoms with Gasteiger partial charge in [-0.3, -0.25) is 9.58 Å². The third kappa shape index (κ3) is 4.43. The number of aryl methyl sites for hydroxylation is 1. The summed E-state index contributed by atoms with van der Waals surface area (Å²) in [7, 11) is 1.98. The van der Waals surface area contributed by atoms with Crippen molar-refractivity contribution in [1.82, 2.24) is 14.7 Å². The maximum atomic E-state index is 5.90. The first-order chi connectivity index (χ1) is 13.7. The Labute approximate surface area is 166 Å². The van der Waals surface area contributed by atoms with E-state index in [9.17, 15) is 0 Å². The average Bonchev–Trinajstić information content (AvgIpc) is 3.09. The van der Waals surface area contributed by atoms with E-state index in [4.69, 9.17) is 14.6 Å². The highest BCUT2D eigenvalue weighted by Gasteiger charge is 2.21. The number of benzene rings is 2. The average molecular weight is 377 g/mol. The molecule has 0 bridgehead atoms. The Morgan fingerprint density at radius 2 is 1.82 bits per heavy atom. The highest BCUT2D eigenvalue weighted by molar-refractivity contribution is 5.63. The molecule has 28 heavy (non-hydrogen) atoms. The standard InChI is InChI=1S/C23H27N3O2/c1-3-20-17-26(13-14-27-20)16-19-15-25(2)24-23(19)18-9-11-22(12-10-18)28-21-7-5-4-6-8-21/h4-12,15,20H,3,13-14,16-17H2,1-2H3/t20-/m0/s1. The molecule has 5 nitrogen and oxygen atoms in total. The van der Waals surface area contributed by atoms with Gasteiger partial charge in [-0.15, -0.1) is 0 Å². The summed E-state index contributed by atoms with van der Waals surface area (Å²) in [4.78, 5) is 2.46. The fourth-order valence-electron chi connectivity index (χ4n) is 3.61.